The van der Waals surface area contributed by atoms with Gasteiger partial charge in [0.1, 0.15) is 0 Å². The molecule has 4 aliphatic rings. The van der Waals surface area contributed by atoms with Gasteiger partial charge in [-0.1, -0.05) is 48.5 Å². The maximum absolute atomic E-state index is 12.6. The van der Waals surface area contributed by atoms with Crippen LogP contribution < -0.4 is 0 Å². The Morgan fingerprint density at radius 2 is 1.93 bits per heavy atom. The predicted octanol–water partition coefficient (Wildman–Crippen LogP) is 2.90. The van der Waals surface area contributed by atoms with Gasteiger partial charge in [0.2, 0.25) is 5.91 Å². The summed E-state index contributed by atoms with van der Waals surface area (Å²) in [5.74, 6) is 1.75. The summed E-state index contributed by atoms with van der Waals surface area (Å²) in [4.78, 5) is 19.4. The van der Waals surface area contributed by atoms with E-state index in [2.05, 4.69) is 9.89 Å². The van der Waals surface area contributed by atoms with Crippen molar-refractivity contribution < 1.29 is 13.2 Å². The monoisotopic (exact) mass is 418 g/mol. The van der Waals surface area contributed by atoms with Crippen molar-refractivity contribution in [1.82, 2.24) is 4.90 Å². The van der Waals surface area contributed by atoms with Crippen LogP contribution in [0.4, 0.5) is 0 Å². The third-order valence-corrected chi connectivity index (χ3v) is 10.1. The summed E-state index contributed by atoms with van der Waals surface area (Å²) in [6, 6.07) is 10.4. The molecule has 0 radical (unpaired) electrons. The molecule has 5 nitrogen and oxygen atoms in total. The lowest BCUT2D eigenvalue weighted by Gasteiger charge is -2.36. The van der Waals surface area contributed by atoms with E-state index in [1.165, 1.54) is 31.0 Å². The van der Waals surface area contributed by atoms with Crippen LogP contribution in [0.3, 0.4) is 0 Å². The molecule has 5 rings (SSSR count). The molecule has 2 saturated heterocycles. The summed E-state index contributed by atoms with van der Waals surface area (Å²) in [6.07, 6.45) is 6.01. The number of hydrogen-bond donors (Lipinski definition) is 0. The van der Waals surface area contributed by atoms with Gasteiger partial charge in [-0.15, -0.1) is 0 Å². The van der Waals surface area contributed by atoms with Gasteiger partial charge in [0, 0.05) is 17.7 Å². The maximum atomic E-state index is 12.6. The first-order valence-corrected chi connectivity index (χ1v) is 13.0. The number of fused-ring (bicyclic) bond motifs is 3. The van der Waals surface area contributed by atoms with Crippen LogP contribution in [0.25, 0.3) is 0 Å². The van der Waals surface area contributed by atoms with Gasteiger partial charge in [-0.3, -0.25) is 4.79 Å². The Morgan fingerprint density at radius 1 is 1.11 bits per heavy atom. The van der Waals surface area contributed by atoms with Crippen molar-refractivity contribution in [3.05, 3.63) is 35.9 Å². The van der Waals surface area contributed by atoms with Crippen LogP contribution in [0.15, 0.2) is 35.3 Å². The molecule has 2 saturated carbocycles. The van der Waals surface area contributed by atoms with Crippen molar-refractivity contribution in [2.45, 2.75) is 55.9 Å². The Hall–Kier alpha value is -1.34. The molecule has 5 unspecified atom stereocenters. The van der Waals surface area contributed by atoms with Gasteiger partial charge in [0.25, 0.3) is 0 Å². The zero-order valence-corrected chi connectivity index (χ0v) is 17.5. The lowest BCUT2D eigenvalue weighted by Crippen LogP contribution is -2.47. The highest BCUT2D eigenvalue weighted by molar-refractivity contribution is 8.15. The molecule has 28 heavy (non-hydrogen) atoms. The molecule has 2 heterocycles. The van der Waals surface area contributed by atoms with Crippen molar-refractivity contribution in [3.8, 4) is 0 Å². The molecule has 1 aromatic rings. The van der Waals surface area contributed by atoms with Gasteiger partial charge < -0.3 is 4.90 Å². The second-order valence-corrected chi connectivity index (χ2v) is 12.1. The van der Waals surface area contributed by atoms with E-state index in [1.54, 1.807) is 0 Å². The Bertz CT molecular complexity index is 899. The molecule has 0 spiro atoms. The zero-order valence-electron chi connectivity index (χ0n) is 15.9. The van der Waals surface area contributed by atoms with Crippen LogP contribution in [0, 0.1) is 11.8 Å². The molecular weight excluding hydrogens is 392 g/mol. The number of benzene rings is 1. The SMILES string of the molecule is O=C(CCc1ccccc1)N=C1SC2CS(=O)(=O)CC2N1C1CC2CCC1C2. The van der Waals surface area contributed by atoms with Crippen molar-refractivity contribution in [3.63, 3.8) is 0 Å². The average Bonchev–Trinajstić information content (AvgIpc) is 3.40. The summed E-state index contributed by atoms with van der Waals surface area (Å²) in [5.41, 5.74) is 1.14. The maximum Gasteiger partial charge on any atom is 0.248 e. The number of sulfone groups is 1. The van der Waals surface area contributed by atoms with Gasteiger partial charge in [0.15, 0.2) is 15.0 Å². The molecule has 1 aromatic carbocycles. The minimum Gasteiger partial charge on any atom is -0.343 e. The highest BCUT2D eigenvalue weighted by Crippen LogP contribution is 2.51. The van der Waals surface area contributed by atoms with Gasteiger partial charge >= 0.3 is 0 Å². The fourth-order valence-corrected chi connectivity index (χ4v) is 9.58. The van der Waals surface area contributed by atoms with Crippen LogP contribution in [0.2, 0.25) is 0 Å². The molecule has 5 atom stereocenters. The van der Waals surface area contributed by atoms with Crippen molar-refractivity contribution >= 4 is 32.7 Å². The predicted molar refractivity (Wildman–Crippen MR) is 112 cm³/mol. The number of hydrogen-bond acceptors (Lipinski definition) is 4. The van der Waals surface area contributed by atoms with Crippen LogP contribution in [0.1, 0.15) is 37.7 Å². The van der Waals surface area contributed by atoms with Crippen LogP contribution >= 0.6 is 11.8 Å². The number of amides is 1. The average molecular weight is 419 g/mol. The van der Waals surface area contributed by atoms with Gasteiger partial charge in [-0.05, 0) is 43.1 Å². The van der Waals surface area contributed by atoms with E-state index < -0.39 is 9.84 Å². The molecule has 150 valence electrons. The first-order chi connectivity index (χ1) is 13.5. The number of nitrogens with zero attached hydrogens (tertiary/aromatic N) is 2. The van der Waals surface area contributed by atoms with Crippen molar-refractivity contribution in [2.24, 2.45) is 16.8 Å². The van der Waals surface area contributed by atoms with Crippen molar-refractivity contribution in [1.29, 1.82) is 0 Å². The van der Waals surface area contributed by atoms with E-state index in [1.807, 2.05) is 30.3 Å². The second kappa shape index (κ2) is 7.17. The number of amidine groups is 1. The number of aliphatic imine (C=N–C) groups is 1. The lowest BCUT2D eigenvalue weighted by atomic mass is 9.93. The molecule has 0 aromatic heterocycles. The highest BCUT2D eigenvalue weighted by Gasteiger charge is 2.54. The first kappa shape index (κ1) is 18.7. The molecular formula is C21H26N2O3S2. The van der Waals surface area contributed by atoms with Gasteiger partial charge in [-0.25, -0.2) is 8.42 Å². The summed E-state index contributed by atoms with van der Waals surface area (Å²) in [6.45, 7) is 0. The summed E-state index contributed by atoms with van der Waals surface area (Å²) < 4.78 is 24.4. The summed E-state index contributed by atoms with van der Waals surface area (Å²) in [7, 11) is -2.98. The smallest absolute Gasteiger partial charge is 0.248 e. The molecule has 1 amide bonds. The molecule has 2 aliphatic carbocycles. The first-order valence-electron chi connectivity index (χ1n) is 10.3. The molecule has 4 fully saturated rings. The highest BCUT2D eigenvalue weighted by atomic mass is 32.2. The van der Waals surface area contributed by atoms with E-state index in [0.29, 0.717) is 24.8 Å². The third-order valence-electron chi connectivity index (χ3n) is 6.86. The molecule has 2 aliphatic heterocycles. The largest absolute Gasteiger partial charge is 0.343 e. The Kier molecular flexibility index (Phi) is 4.78. The molecule has 2 bridgehead atoms. The van der Waals surface area contributed by atoms with Crippen molar-refractivity contribution in [2.75, 3.05) is 11.5 Å². The van der Waals surface area contributed by atoms with Crippen LogP contribution in [-0.2, 0) is 21.1 Å². The normalized spacial score (nSPS) is 36.9. The summed E-state index contributed by atoms with van der Waals surface area (Å²) >= 11 is 1.53. The zero-order chi connectivity index (χ0) is 19.3. The number of carbonyl (C=O) groups is 1. The van der Waals surface area contributed by atoms with E-state index in [4.69, 9.17) is 0 Å². The Balaban J connectivity index is 1.35. The van der Waals surface area contributed by atoms with Gasteiger partial charge in [0.05, 0.1) is 17.5 Å². The summed E-state index contributed by atoms with van der Waals surface area (Å²) in [5, 5.41) is 0.824. The van der Waals surface area contributed by atoms with E-state index in [0.717, 1.165) is 23.1 Å². The fraction of sp³-hybridized carbons (Fsp3) is 0.619. The number of thioether (sulfide) groups is 1. The topological polar surface area (TPSA) is 66.8 Å². The van der Waals surface area contributed by atoms with Gasteiger partial charge in [-0.2, -0.15) is 4.99 Å². The second-order valence-electron chi connectivity index (χ2n) is 8.72. The Morgan fingerprint density at radius 3 is 2.64 bits per heavy atom. The minimum atomic E-state index is -2.98. The standard InChI is InChI=1S/C21H26N2O3S2/c24-20(9-7-14-4-2-1-3-5-14)22-21-23(17-11-15-6-8-16(17)10-15)18-12-28(25,26)13-19(18)27-21/h1-5,15-19H,6-13H2. The Labute approximate surface area is 170 Å². The number of carbonyl (C=O) groups excluding carboxylic acids is 1. The van der Waals surface area contributed by atoms with Crippen LogP contribution in [-0.4, -0.2) is 53.2 Å². The lowest BCUT2D eigenvalue weighted by molar-refractivity contribution is -0.117. The molecule has 0 N–H and O–H groups in total. The minimum absolute atomic E-state index is 0.0000216. The quantitative estimate of drug-likeness (QED) is 0.752. The number of aryl methyl sites for hydroxylation is 1. The van der Waals surface area contributed by atoms with Crippen LogP contribution in [0.5, 0.6) is 0 Å². The number of rotatable bonds is 4. The molecule has 7 heteroatoms. The fourth-order valence-electron chi connectivity index (χ4n) is 5.59. The van der Waals surface area contributed by atoms with E-state index >= 15 is 0 Å². The van der Waals surface area contributed by atoms with E-state index in [9.17, 15) is 13.2 Å². The third kappa shape index (κ3) is 3.52. The van der Waals surface area contributed by atoms with E-state index in [-0.39, 0.29) is 28.7 Å².